The number of aromatic nitrogens is 1. The molecular weight excluding hydrogens is 279 g/mol. The molecule has 0 amide bonds. The molecule has 3 aromatic rings. The van der Waals surface area contributed by atoms with Crippen LogP contribution in [0, 0.1) is 5.82 Å². The maximum atomic E-state index is 13.0. The van der Waals surface area contributed by atoms with E-state index in [0.717, 1.165) is 10.4 Å². The minimum Gasteiger partial charge on any atom is -0.495 e. The van der Waals surface area contributed by atoms with Crippen LogP contribution in [0.25, 0.3) is 21.8 Å². The summed E-state index contributed by atoms with van der Waals surface area (Å²) < 4.78 is 23.6. The van der Waals surface area contributed by atoms with Crippen molar-refractivity contribution in [3.8, 4) is 27.5 Å². The zero-order chi connectivity index (χ0) is 14.1. The smallest absolute Gasteiger partial charge is 0.190 e. The number of rotatable bonds is 3. The predicted molar refractivity (Wildman–Crippen MR) is 76.2 cm³/mol. The minimum absolute atomic E-state index is 0.266. The van der Waals surface area contributed by atoms with Gasteiger partial charge in [-0.15, -0.1) is 11.3 Å². The van der Waals surface area contributed by atoms with Crippen LogP contribution >= 0.6 is 11.3 Å². The van der Waals surface area contributed by atoms with Gasteiger partial charge in [-0.25, -0.2) is 4.39 Å². The summed E-state index contributed by atoms with van der Waals surface area (Å²) in [6.45, 7) is 0. The first kappa shape index (κ1) is 12.7. The van der Waals surface area contributed by atoms with Crippen LogP contribution in [0.1, 0.15) is 0 Å². The Bertz CT molecular complexity index is 734. The van der Waals surface area contributed by atoms with Crippen molar-refractivity contribution in [2.75, 3.05) is 12.8 Å². The second-order valence-electron chi connectivity index (χ2n) is 4.10. The van der Waals surface area contributed by atoms with Crippen molar-refractivity contribution in [1.29, 1.82) is 0 Å². The Morgan fingerprint density at radius 3 is 2.70 bits per heavy atom. The molecule has 0 fully saturated rings. The quantitative estimate of drug-likeness (QED) is 0.797. The van der Waals surface area contributed by atoms with Crippen molar-refractivity contribution in [1.82, 2.24) is 5.16 Å². The maximum Gasteiger partial charge on any atom is 0.190 e. The zero-order valence-electron chi connectivity index (χ0n) is 10.6. The van der Waals surface area contributed by atoms with Gasteiger partial charge in [-0.05, 0) is 29.1 Å². The number of benzene rings is 1. The highest BCUT2D eigenvalue weighted by molar-refractivity contribution is 7.14. The highest BCUT2D eigenvalue weighted by Crippen LogP contribution is 2.43. The van der Waals surface area contributed by atoms with E-state index in [9.17, 15) is 4.39 Å². The molecule has 102 valence electrons. The van der Waals surface area contributed by atoms with Crippen molar-refractivity contribution < 1.29 is 13.7 Å². The van der Waals surface area contributed by atoms with Gasteiger partial charge < -0.3 is 15.0 Å². The molecule has 0 saturated heterocycles. The molecule has 0 radical (unpaired) electrons. The highest BCUT2D eigenvalue weighted by atomic mass is 32.1. The normalized spacial score (nSPS) is 10.7. The predicted octanol–water partition coefficient (Wildman–Crippen LogP) is 3.80. The number of hydrogen-bond acceptors (Lipinski definition) is 5. The molecule has 0 bridgehead atoms. The van der Waals surface area contributed by atoms with E-state index in [-0.39, 0.29) is 11.6 Å². The molecule has 4 nitrogen and oxygen atoms in total. The summed E-state index contributed by atoms with van der Waals surface area (Å²) >= 11 is 1.46. The topological polar surface area (TPSA) is 61.3 Å². The lowest BCUT2D eigenvalue weighted by Crippen LogP contribution is -1.89. The number of nitrogens with two attached hydrogens (primary N) is 1. The average Bonchev–Trinajstić information content (AvgIpc) is 3.05. The summed E-state index contributed by atoms with van der Waals surface area (Å²) in [6.07, 6.45) is 0. The molecule has 0 aliphatic carbocycles. The summed E-state index contributed by atoms with van der Waals surface area (Å²) in [6, 6.07) is 7.87. The van der Waals surface area contributed by atoms with Gasteiger partial charge in [-0.1, -0.05) is 17.3 Å². The second kappa shape index (κ2) is 4.97. The first-order valence-corrected chi connectivity index (χ1v) is 6.71. The van der Waals surface area contributed by atoms with Crippen LogP contribution in [-0.2, 0) is 0 Å². The number of anilines is 1. The maximum absolute atomic E-state index is 13.0. The largest absolute Gasteiger partial charge is 0.495 e. The Kier molecular flexibility index (Phi) is 3.15. The summed E-state index contributed by atoms with van der Waals surface area (Å²) in [7, 11) is 1.59. The van der Waals surface area contributed by atoms with Crippen LogP contribution in [-0.4, -0.2) is 12.3 Å². The summed E-state index contributed by atoms with van der Waals surface area (Å²) in [4.78, 5) is 0.802. The third-order valence-corrected chi connectivity index (χ3v) is 3.80. The van der Waals surface area contributed by atoms with E-state index in [4.69, 9.17) is 15.0 Å². The van der Waals surface area contributed by atoms with E-state index < -0.39 is 0 Å². The summed E-state index contributed by atoms with van der Waals surface area (Å²) in [5.74, 6) is 1.18. The van der Waals surface area contributed by atoms with E-state index in [1.165, 1.54) is 23.5 Å². The molecule has 3 rings (SSSR count). The van der Waals surface area contributed by atoms with E-state index >= 15 is 0 Å². The van der Waals surface area contributed by atoms with Crippen LogP contribution in [0.3, 0.4) is 0 Å². The number of halogens is 1. The molecule has 20 heavy (non-hydrogen) atoms. The van der Waals surface area contributed by atoms with E-state index in [2.05, 4.69) is 5.16 Å². The molecule has 6 heteroatoms. The molecule has 0 saturated carbocycles. The van der Waals surface area contributed by atoms with Crippen LogP contribution in [0.5, 0.6) is 5.75 Å². The number of ether oxygens (including phenoxy) is 1. The molecule has 0 unspecified atom stereocenters. The Morgan fingerprint density at radius 2 is 2.00 bits per heavy atom. The standard InChI is InChI=1S/C14H11FN2O2S/c1-18-10-6-7-20-13(10)12-11(14(16)17-19-12)8-2-4-9(15)5-3-8/h2-7H,1H3,(H2,16,17). The van der Waals surface area contributed by atoms with Crippen LogP contribution < -0.4 is 10.5 Å². The van der Waals surface area contributed by atoms with Gasteiger partial charge in [0, 0.05) is 0 Å². The third kappa shape index (κ3) is 2.04. The molecule has 0 aliphatic heterocycles. The number of methoxy groups -OCH3 is 1. The Labute approximate surface area is 118 Å². The number of thiophene rings is 1. The fraction of sp³-hybridized carbons (Fsp3) is 0.0714. The summed E-state index contributed by atoms with van der Waals surface area (Å²) in [5, 5.41) is 5.70. The molecule has 0 spiro atoms. The van der Waals surface area contributed by atoms with E-state index in [0.29, 0.717) is 17.1 Å². The first-order chi connectivity index (χ1) is 9.70. The fourth-order valence-electron chi connectivity index (χ4n) is 1.98. The Hall–Kier alpha value is -2.34. The van der Waals surface area contributed by atoms with Gasteiger partial charge in [-0.2, -0.15) is 0 Å². The Morgan fingerprint density at radius 1 is 1.25 bits per heavy atom. The lowest BCUT2D eigenvalue weighted by atomic mass is 10.0. The molecule has 2 heterocycles. The fourth-order valence-corrected chi connectivity index (χ4v) is 2.82. The minimum atomic E-state index is -0.306. The van der Waals surface area contributed by atoms with Crippen molar-refractivity contribution in [2.45, 2.75) is 0 Å². The SMILES string of the molecule is COc1ccsc1-c1onc(N)c1-c1ccc(F)cc1. The molecule has 2 N–H and O–H groups in total. The van der Waals surface area contributed by atoms with Gasteiger partial charge in [0.2, 0.25) is 0 Å². The number of nitrogens with zero attached hydrogens (tertiary/aromatic N) is 1. The van der Waals surface area contributed by atoms with Gasteiger partial charge >= 0.3 is 0 Å². The van der Waals surface area contributed by atoms with Gasteiger partial charge in [-0.3, -0.25) is 0 Å². The molecule has 0 atom stereocenters. The molecular formula is C14H11FN2O2S. The molecule has 1 aromatic carbocycles. The second-order valence-corrected chi connectivity index (χ2v) is 5.01. The third-order valence-electron chi connectivity index (χ3n) is 2.91. The molecule has 2 aromatic heterocycles. The van der Waals surface area contributed by atoms with Gasteiger partial charge in [0.05, 0.1) is 12.7 Å². The van der Waals surface area contributed by atoms with Gasteiger partial charge in [0.1, 0.15) is 16.4 Å². The van der Waals surface area contributed by atoms with Crippen molar-refractivity contribution in [3.63, 3.8) is 0 Å². The van der Waals surface area contributed by atoms with Gasteiger partial charge in [0.25, 0.3) is 0 Å². The summed E-state index contributed by atoms with van der Waals surface area (Å²) in [5.41, 5.74) is 7.26. The van der Waals surface area contributed by atoms with Crippen LogP contribution in [0.15, 0.2) is 40.2 Å². The monoisotopic (exact) mass is 290 g/mol. The lowest BCUT2D eigenvalue weighted by Gasteiger charge is -2.03. The first-order valence-electron chi connectivity index (χ1n) is 5.83. The van der Waals surface area contributed by atoms with Crippen molar-refractivity contribution in [3.05, 3.63) is 41.5 Å². The molecule has 0 aliphatic rings. The average molecular weight is 290 g/mol. The van der Waals surface area contributed by atoms with Crippen molar-refractivity contribution in [2.24, 2.45) is 0 Å². The number of nitrogen functional groups attached to an aromatic ring is 1. The number of hydrogen-bond donors (Lipinski definition) is 1. The highest BCUT2D eigenvalue weighted by Gasteiger charge is 2.21. The zero-order valence-corrected chi connectivity index (χ0v) is 11.4. The van der Waals surface area contributed by atoms with Crippen LogP contribution in [0.2, 0.25) is 0 Å². The van der Waals surface area contributed by atoms with Crippen molar-refractivity contribution >= 4 is 17.2 Å². The van der Waals surface area contributed by atoms with E-state index in [1.807, 2.05) is 11.4 Å². The Balaban J connectivity index is 2.17. The van der Waals surface area contributed by atoms with Crippen LogP contribution in [0.4, 0.5) is 10.2 Å². The van der Waals surface area contributed by atoms with Gasteiger partial charge in [0.15, 0.2) is 11.6 Å². The van der Waals surface area contributed by atoms with E-state index in [1.54, 1.807) is 19.2 Å². The lowest BCUT2D eigenvalue weighted by molar-refractivity contribution is 0.409.